The monoisotopic (exact) mass is 211 g/mol. The van der Waals surface area contributed by atoms with Crippen molar-refractivity contribution in [2.45, 2.75) is 38.9 Å². The highest BCUT2D eigenvalue weighted by molar-refractivity contribution is 5.25. The van der Waals surface area contributed by atoms with Gasteiger partial charge in [0.1, 0.15) is 0 Å². The average molecular weight is 211 g/mol. The lowest BCUT2D eigenvalue weighted by Gasteiger charge is -2.10. The molecule has 1 heterocycles. The van der Waals surface area contributed by atoms with Crippen molar-refractivity contribution < 1.29 is 13.9 Å². The van der Waals surface area contributed by atoms with Gasteiger partial charge in [-0.3, -0.25) is 0 Å². The van der Waals surface area contributed by atoms with Gasteiger partial charge in [0.15, 0.2) is 5.75 Å². The molecule has 15 heavy (non-hydrogen) atoms. The number of pyridine rings is 1. The van der Waals surface area contributed by atoms with Crippen LogP contribution in [0.4, 0.5) is 4.39 Å². The normalized spacial score (nSPS) is 15.5. The highest BCUT2D eigenvalue weighted by Gasteiger charge is 2.25. The molecule has 1 fully saturated rings. The Kier molecular flexibility index (Phi) is 2.75. The highest BCUT2D eigenvalue weighted by Crippen LogP contribution is 2.28. The molecule has 1 aliphatic rings. The molecule has 1 aromatic heterocycles. The molecule has 1 saturated carbocycles. The maximum Gasteiger partial charge on any atom is 0.258 e. The summed E-state index contributed by atoms with van der Waals surface area (Å²) in [5.74, 6) is -0.0840. The summed E-state index contributed by atoms with van der Waals surface area (Å²) < 4.78 is 24.0. The first-order valence-electron chi connectivity index (χ1n) is 5.15. The molecule has 0 atom stereocenters. The maximum atomic E-state index is 13.4. The summed E-state index contributed by atoms with van der Waals surface area (Å²) in [7, 11) is 0. The second kappa shape index (κ2) is 4.04. The van der Waals surface area contributed by atoms with Gasteiger partial charge in [-0.05, 0) is 32.8 Å². The summed E-state index contributed by atoms with van der Waals surface area (Å²) in [6.45, 7) is 3.74. The molecule has 0 unspecified atom stereocenters. The predicted molar refractivity (Wildman–Crippen MR) is 53.6 cm³/mol. The molecule has 0 amide bonds. The minimum absolute atomic E-state index is 0.00731. The molecular weight excluding hydrogens is 197 g/mol. The SMILES string of the molecule is CC(C)Oc1ccc(OC2CC2)c(F)n1. The predicted octanol–water partition coefficient (Wildman–Crippen LogP) is 2.55. The first kappa shape index (κ1) is 10.2. The Hall–Kier alpha value is -1.32. The molecule has 2 rings (SSSR count). The van der Waals surface area contributed by atoms with Gasteiger partial charge in [0.25, 0.3) is 5.95 Å². The van der Waals surface area contributed by atoms with Gasteiger partial charge in [0.2, 0.25) is 5.88 Å². The number of hydrogen-bond donors (Lipinski definition) is 0. The summed E-state index contributed by atoms with van der Waals surface area (Å²) >= 11 is 0. The van der Waals surface area contributed by atoms with Crippen LogP contribution in [0.15, 0.2) is 12.1 Å². The van der Waals surface area contributed by atoms with Crippen molar-refractivity contribution in [2.24, 2.45) is 0 Å². The van der Waals surface area contributed by atoms with Crippen molar-refractivity contribution in [2.75, 3.05) is 0 Å². The van der Waals surface area contributed by atoms with Crippen molar-refractivity contribution in [3.05, 3.63) is 18.1 Å². The Morgan fingerprint density at radius 3 is 2.67 bits per heavy atom. The standard InChI is InChI=1S/C11H14FNO2/c1-7(2)14-10-6-5-9(11(12)13-10)15-8-3-4-8/h5-8H,3-4H2,1-2H3. The fourth-order valence-electron chi connectivity index (χ4n) is 1.17. The van der Waals surface area contributed by atoms with Crippen molar-refractivity contribution in [1.82, 2.24) is 4.98 Å². The highest BCUT2D eigenvalue weighted by atomic mass is 19.1. The van der Waals surface area contributed by atoms with E-state index in [1.807, 2.05) is 13.8 Å². The van der Waals surface area contributed by atoms with E-state index in [1.54, 1.807) is 12.1 Å². The van der Waals surface area contributed by atoms with Crippen molar-refractivity contribution in [1.29, 1.82) is 0 Å². The Balaban J connectivity index is 2.07. The van der Waals surface area contributed by atoms with Gasteiger partial charge in [-0.15, -0.1) is 0 Å². The molecule has 0 bridgehead atoms. The molecule has 1 aromatic rings. The summed E-state index contributed by atoms with van der Waals surface area (Å²) in [6, 6.07) is 3.19. The maximum absolute atomic E-state index is 13.4. The first-order valence-corrected chi connectivity index (χ1v) is 5.15. The summed E-state index contributed by atoms with van der Waals surface area (Å²) in [5.41, 5.74) is 0. The molecule has 0 aliphatic heterocycles. The van der Waals surface area contributed by atoms with E-state index in [9.17, 15) is 4.39 Å². The van der Waals surface area contributed by atoms with Crippen LogP contribution in [0.5, 0.6) is 11.6 Å². The first-order chi connectivity index (χ1) is 7.15. The van der Waals surface area contributed by atoms with Crippen molar-refractivity contribution in [3.8, 4) is 11.6 Å². The van der Waals surface area contributed by atoms with Gasteiger partial charge < -0.3 is 9.47 Å². The average Bonchev–Trinajstić information content (AvgIpc) is 2.92. The third kappa shape index (κ3) is 2.81. The summed E-state index contributed by atoms with van der Waals surface area (Å²) in [6.07, 6.45) is 2.18. The molecule has 1 aliphatic carbocycles. The van der Waals surface area contributed by atoms with Gasteiger partial charge in [-0.2, -0.15) is 9.37 Å². The smallest absolute Gasteiger partial charge is 0.258 e. The van der Waals surface area contributed by atoms with E-state index in [-0.39, 0.29) is 18.0 Å². The molecule has 0 aromatic carbocycles. The third-order valence-electron chi connectivity index (χ3n) is 1.96. The van der Waals surface area contributed by atoms with E-state index in [0.717, 1.165) is 12.8 Å². The fraction of sp³-hybridized carbons (Fsp3) is 0.545. The van der Waals surface area contributed by atoms with Gasteiger partial charge in [0.05, 0.1) is 12.2 Å². The van der Waals surface area contributed by atoms with Gasteiger partial charge >= 0.3 is 0 Å². The Bertz CT molecular complexity index is 350. The molecule has 4 heteroatoms. The summed E-state index contributed by atoms with van der Waals surface area (Å²) in [4.78, 5) is 3.68. The minimum atomic E-state index is -0.597. The van der Waals surface area contributed by atoms with Crippen LogP contribution in [0, 0.1) is 5.95 Å². The fourth-order valence-corrected chi connectivity index (χ4v) is 1.17. The largest absolute Gasteiger partial charge is 0.486 e. The van der Waals surface area contributed by atoms with Crippen molar-refractivity contribution in [3.63, 3.8) is 0 Å². The zero-order valence-electron chi connectivity index (χ0n) is 8.87. The quantitative estimate of drug-likeness (QED) is 0.717. The van der Waals surface area contributed by atoms with E-state index in [4.69, 9.17) is 9.47 Å². The van der Waals surface area contributed by atoms with Crippen LogP contribution < -0.4 is 9.47 Å². The van der Waals surface area contributed by atoms with Crippen LogP contribution in [0.3, 0.4) is 0 Å². The number of rotatable bonds is 4. The number of nitrogens with zero attached hydrogens (tertiary/aromatic N) is 1. The number of hydrogen-bond acceptors (Lipinski definition) is 3. The summed E-state index contributed by atoms with van der Waals surface area (Å²) in [5, 5.41) is 0. The molecule has 3 nitrogen and oxygen atoms in total. The Labute approximate surface area is 88.2 Å². The van der Waals surface area contributed by atoms with Crippen LogP contribution in [0.1, 0.15) is 26.7 Å². The van der Waals surface area contributed by atoms with Gasteiger partial charge in [0, 0.05) is 6.07 Å². The third-order valence-corrected chi connectivity index (χ3v) is 1.96. The van der Waals surface area contributed by atoms with Crippen LogP contribution >= 0.6 is 0 Å². The Morgan fingerprint density at radius 1 is 1.40 bits per heavy atom. The molecule has 82 valence electrons. The van der Waals surface area contributed by atoms with Crippen LogP contribution in [0.25, 0.3) is 0 Å². The lowest BCUT2D eigenvalue weighted by atomic mass is 10.4. The lowest BCUT2D eigenvalue weighted by molar-refractivity contribution is 0.225. The zero-order chi connectivity index (χ0) is 10.8. The van der Waals surface area contributed by atoms with Crippen LogP contribution in [0.2, 0.25) is 0 Å². The van der Waals surface area contributed by atoms with E-state index >= 15 is 0 Å². The molecule has 0 saturated heterocycles. The van der Waals surface area contributed by atoms with E-state index in [1.165, 1.54) is 0 Å². The Morgan fingerprint density at radius 2 is 2.13 bits per heavy atom. The van der Waals surface area contributed by atoms with E-state index in [0.29, 0.717) is 5.88 Å². The second-order valence-corrected chi connectivity index (χ2v) is 3.92. The topological polar surface area (TPSA) is 31.4 Å². The van der Waals surface area contributed by atoms with Gasteiger partial charge in [-0.1, -0.05) is 0 Å². The van der Waals surface area contributed by atoms with E-state index in [2.05, 4.69) is 4.98 Å². The van der Waals surface area contributed by atoms with Crippen molar-refractivity contribution >= 4 is 0 Å². The molecule has 0 spiro atoms. The number of aromatic nitrogens is 1. The number of ether oxygens (including phenoxy) is 2. The van der Waals surface area contributed by atoms with Crippen LogP contribution in [-0.4, -0.2) is 17.2 Å². The second-order valence-electron chi connectivity index (χ2n) is 3.92. The molecular formula is C11H14FNO2. The zero-order valence-corrected chi connectivity index (χ0v) is 8.87. The molecule has 0 radical (unpaired) electrons. The van der Waals surface area contributed by atoms with Crippen LogP contribution in [-0.2, 0) is 0 Å². The van der Waals surface area contributed by atoms with E-state index < -0.39 is 5.95 Å². The number of halogens is 1. The minimum Gasteiger partial charge on any atom is -0.486 e. The molecule has 0 N–H and O–H groups in total. The van der Waals surface area contributed by atoms with Gasteiger partial charge in [-0.25, -0.2) is 0 Å². The lowest BCUT2D eigenvalue weighted by Crippen LogP contribution is -2.08.